The largest absolute Gasteiger partial charge is 0.373 e. The van der Waals surface area contributed by atoms with Crippen molar-refractivity contribution in [1.82, 2.24) is 0 Å². The lowest BCUT2D eigenvalue weighted by atomic mass is 10.2. The molecule has 0 saturated carbocycles. The number of hydrogen-bond donors (Lipinski definition) is 0. The van der Waals surface area contributed by atoms with Crippen LogP contribution in [0.25, 0.3) is 0 Å². The van der Waals surface area contributed by atoms with E-state index in [1.807, 2.05) is 0 Å². The average molecular weight is 317 g/mol. The van der Waals surface area contributed by atoms with Crippen LogP contribution in [0.4, 0.5) is 0 Å². The van der Waals surface area contributed by atoms with Crippen molar-refractivity contribution in [2.24, 2.45) is 11.8 Å². The van der Waals surface area contributed by atoms with E-state index in [0.717, 1.165) is 18.4 Å². The molecule has 0 spiro atoms. The maximum Gasteiger partial charge on any atom is 0.373 e. The van der Waals surface area contributed by atoms with Gasteiger partial charge in [-0.1, -0.05) is 50.9 Å². The van der Waals surface area contributed by atoms with E-state index in [1.165, 1.54) is 0 Å². The normalized spacial score (nSPS) is 13.7. The second kappa shape index (κ2) is 9.39. The highest BCUT2D eigenvalue weighted by Crippen LogP contribution is 2.58. The molecule has 0 amide bonds. The van der Waals surface area contributed by atoms with Gasteiger partial charge in [0, 0.05) is 5.54 Å². The van der Waals surface area contributed by atoms with Crippen LogP contribution in [0.15, 0.2) is 10.3 Å². The summed E-state index contributed by atoms with van der Waals surface area (Å²) in [4.78, 5) is 0. The summed E-state index contributed by atoms with van der Waals surface area (Å²) < 4.78 is 23.0. The molecule has 0 aromatic heterocycles. The Bertz CT molecular complexity index is 286. The van der Waals surface area contributed by atoms with E-state index < -0.39 is 7.60 Å². The highest BCUT2D eigenvalue weighted by Gasteiger charge is 2.29. The van der Waals surface area contributed by atoms with Gasteiger partial charge in [0.05, 0.1) is 13.2 Å². The molecule has 0 aliphatic carbocycles. The van der Waals surface area contributed by atoms with Gasteiger partial charge < -0.3 is 9.05 Å². The Hall–Kier alpha value is 0.470. The van der Waals surface area contributed by atoms with Crippen molar-refractivity contribution < 1.29 is 13.6 Å². The van der Waals surface area contributed by atoms with Gasteiger partial charge in [-0.05, 0) is 24.7 Å². The minimum Gasteiger partial charge on any atom is -0.305 e. The molecule has 0 aromatic carbocycles. The highest BCUT2D eigenvalue weighted by atomic mass is 35.5. The van der Waals surface area contributed by atoms with Crippen molar-refractivity contribution in [3.63, 3.8) is 0 Å². The average Bonchev–Trinajstić information content (AvgIpc) is 2.26. The van der Waals surface area contributed by atoms with Crippen LogP contribution in [-0.4, -0.2) is 13.2 Å². The fourth-order valence-electron chi connectivity index (χ4n) is 1.04. The molecule has 0 radical (unpaired) electrons. The van der Waals surface area contributed by atoms with Gasteiger partial charge in [-0.2, -0.15) is 0 Å². The van der Waals surface area contributed by atoms with Crippen LogP contribution in [0.2, 0.25) is 0 Å². The predicted octanol–water partition coefficient (Wildman–Crippen LogP) is 5.58. The summed E-state index contributed by atoms with van der Waals surface area (Å²) >= 11 is 11.3. The quantitative estimate of drug-likeness (QED) is 0.521. The van der Waals surface area contributed by atoms with Gasteiger partial charge in [0.15, 0.2) is 0 Å². The lowest BCUT2D eigenvalue weighted by Crippen LogP contribution is -2.03. The molecule has 0 unspecified atom stereocenters. The smallest absolute Gasteiger partial charge is 0.305 e. The maximum atomic E-state index is 12.4. The Morgan fingerprint density at radius 2 is 1.50 bits per heavy atom. The van der Waals surface area contributed by atoms with Crippen LogP contribution >= 0.6 is 30.8 Å². The van der Waals surface area contributed by atoms with Crippen LogP contribution in [-0.2, 0) is 13.6 Å². The molecule has 18 heavy (non-hydrogen) atoms. The standard InChI is InChI=1S/C12H23Cl2O3P/c1-10(2)5-7-16-18(15,12(14)9-13)17-8-6-11(3)4/h9-11H,5-8H2,1-4H3/b12-9-. The Morgan fingerprint density at radius 3 is 1.78 bits per heavy atom. The Labute approximate surface area is 120 Å². The molecular formula is C12H23Cl2O3P. The predicted molar refractivity (Wildman–Crippen MR) is 78.2 cm³/mol. The number of rotatable bonds is 9. The molecule has 0 atom stereocenters. The first-order valence-corrected chi connectivity index (χ1v) is 8.53. The van der Waals surface area contributed by atoms with Crippen molar-refractivity contribution >= 4 is 30.8 Å². The first kappa shape index (κ1) is 18.5. The molecule has 0 aromatic rings. The topological polar surface area (TPSA) is 35.5 Å². The Kier molecular flexibility index (Phi) is 9.63. The van der Waals surface area contributed by atoms with Crippen molar-refractivity contribution in [1.29, 1.82) is 0 Å². The summed E-state index contributed by atoms with van der Waals surface area (Å²) in [6, 6.07) is 0. The van der Waals surface area contributed by atoms with Crippen molar-refractivity contribution in [3.05, 3.63) is 10.3 Å². The second-order valence-corrected chi connectivity index (χ2v) is 7.84. The third kappa shape index (κ3) is 7.81. The summed E-state index contributed by atoms with van der Waals surface area (Å²) in [5, 5.41) is 0. The first-order valence-electron chi connectivity index (χ1n) is 6.17. The molecule has 108 valence electrons. The summed E-state index contributed by atoms with van der Waals surface area (Å²) in [5.41, 5.74) is 1.05. The monoisotopic (exact) mass is 316 g/mol. The van der Waals surface area contributed by atoms with Crippen LogP contribution in [0, 0.1) is 11.8 Å². The molecule has 0 bridgehead atoms. The fourth-order valence-corrected chi connectivity index (χ4v) is 2.82. The Morgan fingerprint density at radius 1 is 1.11 bits per heavy atom. The molecule has 0 aliphatic rings. The van der Waals surface area contributed by atoms with Gasteiger partial charge in [-0.25, -0.2) is 0 Å². The molecule has 0 heterocycles. The minimum atomic E-state index is -3.43. The lowest BCUT2D eigenvalue weighted by Gasteiger charge is -2.18. The second-order valence-electron chi connectivity index (χ2n) is 4.96. The molecular weight excluding hydrogens is 294 g/mol. The van der Waals surface area contributed by atoms with Crippen molar-refractivity contribution in [3.8, 4) is 0 Å². The van der Waals surface area contributed by atoms with Crippen molar-refractivity contribution in [2.75, 3.05) is 13.2 Å². The van der Waals surface area contributed by atoms with E-state index >= 15 is 0 Å². The Balaban J connectivity index is 4.40. The summed E-state index contributed by atoms with van der Waals surface area (Å²) in [6.45, 7) is 8.94. The minimum absolute atomic E-state index is 0.0586. The summed E-state index contributed by atoms with van der Waals surface area (Å²) in [7, 11) is -3.43. The van der Waals surface area contributed by atoms with Gasteiger partial charge in [-0.15, -0.1) is 0 Å². The third-order valence-corrected chi connectivity index (χ3v) is 5.17. The first-order chi connectivity index (χ1) is 8.31. The molecule has 6 heteroatoms. The summed E-state index contributed by atoms with van der Waals surface area (Å²) in [5.74, 6) is 0.931. The van der Waals surface area contributed by atoms with Crippen LogP contribution in [0.1, 0.15) is 40.5 Å². The van der Waals surface area contributed by atoms with Crippen molar-refractivity contribution in [2.45, 2.75) is 40.5 Å². The van der Waals surface area contributed by atoms with Crippen LogP contribution in [0.3, 0.4) is 0 Å². The van der Waals surface area contributed by atoms with E-state index in [0.29, 0.717) is 25.0 Å². The summed E-state index contributed by atoms with van der Waals surface area (Å²) in [6.07, 6.45) is 1.59. The van der Waals surface area contributed by atoms with E-state index in [-0.39, 0.29) is 4.77 Å². The zero-order chi connectivity index (χ0) is 14.2. The van der Waals surface area contributed by atoms with Gasteiger partial charge in [0.1, 0.15) is 4.77 Å². The lowest BCUT2D eigenvalue weighted by molar-refractivity contribution is 0.195. The number of hydrogen-bond acceptors (Lipinski definition) is 3. The highest BCUT2D eigenvalue weighted by molar-refractivity contribution is 7.61. The molecule has 0 saturated heterocycles. The number of halogens is 2. The van der Waals surface area contributed by atoms with Gasteiger partial charge in [-0.3, -0.25) is 4.57 Å². The zero-order valence-corrected chi connectivity index (χ0v) is 13.9. The van der Waals surface area contributed by atoms with Gasteiger partial charge in [0.25, 0.3) is 0 Å². The molecule has 0 N–H and O–H groups in total. The maximum absolute atomic E-state index is 12.4. The fraction of sp³-hybridized carbons (Fsp3) is 0.833. The molecule has 3 nitrogen and oxygen atoms in total. The van der Waals surface area contributed by atoms with E-state index in [1.54, 1.807) is 0 Å². The zero-order valence-electron chi connectivity index (χ0n) is 11.5. The van der Waals surface area contributed by atoms with E-state index in [4.69, 9.17) is 32.2 Å². The molecule has 0 fully saturated rings. The SMILES string of the molecule is CC(C)CCOP(=O)(OCCC(C)C)/C(Cl)=C\Cl. The van der Waals surface area contributed by atoms with Crippen LogP contribution in [0.5, 0.6) is 0 Å². The van der Waals surface area contributed by atoms with Gasteiger partial charge >= 0.3 is 7.60 Å². The molecule has 0 rings (SSSR count). The van der Waals surface area contributed by atoms with Crippen LogP contribution < -0.4 is 0 Å². The molecule has 0 aliphatic heterocycles. The van der Waals surface area contributed by atoms with E-state index in [2.05, 4.69) is 27.7 Å². The third-order valence-electron chi connectivity index (χ3n) is 2.26. The van der Waals surface area contributed by atoms with E-state index in [9.17, 15) is 4.57 Å². The van der Waals surface area contributed by atoms with Gasteiger partial charge in [0.2, 0.25) is 0 Å².